The molecule has 0 heterocycles. The Morgan fingerprint density at radius 3 is 2.78 bits per heavy atom. The van der Waals surface area contributed by atoms with Crippen molar-refractivity contribution >= 4 is 45.8 Å². The highest BCUT2D eigenvalue weighted by Gasteiger charge is 2.12. The van der Waals surface area contributed by atoms with Gasteiger partial charge in [0.15, 0.2) is 0 Å². The van der Waals surface area contributed by atoms with Gasteiger partial charge in [0.05, 0.1) is 6.04 Å². The molecule has 3 nitrogen and oxygen atoms in total. The fourth-order valence-electron chi connectivity index (χ4n) is 1.42. The summed E-state index contributed by atoms with van der Waals surface area (Å²) in [7, 11) is 0. The van der Waals surface area contributed by atoms with Crippen molar-refractivity contribution in [1.82, 2.24) is 5.32 Å². The minimum atomic E-state index is -0.436. The maximum absolute atomic E-state index is 11.6. The number of nitrogens with one attached hydrogen (secondary N) is 1. The van der Waals surface area contributed by atoms with Gasteiger partial charge in [-0.2, -0.15) is 0 Å². The van der Waals surface area contributed by atoms with Crippen LogP contribution in [0.4, 0.5) is 0 Å². The third kappa shape index (κ3) is 5.57. The summed E-state index contributed by atoms with van der Waals surface area (Å²) in [5, 5.41) is 3.41. The molecule has 0 saturated carbocycles. The topological polar surface area (TPSA) is 55.1 Å². The minimum Gasteiger partial charge on any atom is -0.351 e. The first-order valence-electron chi connectivity index (χ1n) is 5.51. The molecule has 0 aliphatic rings. The molecule has 0 saturated heterocycles. The van der Waals surface area contributed by atoms with E-state index in [9.17, 15) is 4.79 Å². The van der Waals surface area contributed by atoms with Crippen LogP contribution in [0.15, 0.2) is 22.7 Å². The maximum atomic E-state index is 11.6. The van der Waals surface area contributed by atoms with Gasteiger partial charge in [0.1, 0.15) is 0 Å². The van der Waals surface area contributed by atoms with E-state index in [1.54, 1.807) is 6.07 Å². The summed E-state index contributed by atoms with van der Waals surface area (Å²) in [5.74, 6) is -0.133. The van der Waals surface area contributed by atoms with Crippen molar-refractivity contribution in [2.45, 2.75) is 32.4 Å². The van der Waals surface area contributed by atoms with Gasteiger partial charge in [0, 0.05) is 16.0 Å². The predicted octanol–water partition coefficient (Wildman–Crippen LogP) is 3.27. The predicted molar refractivity (Wildman–Crippen MR) is 81.1 cm³/mol. The molecule has 0 aromatic heterocycles. The van der Waals surface area contributed by atoms with Crippen molar-refractivity contribution < 1.29 is 4.79 Å². The number of nitrogens with two attached hydrogens (primary N) is 1. The van der Waals surface area contributed by atoms with Gasteiger partial charge >= 0.3 is 0 Å². The van der Waals surface area contributed by atoms with Crippen LogP contribution in [0.25, 0.3) is 0 Å². The highest BCUT2D eigenvalue weighted by molar-refractivity contribution is 9.10. The molecule has 0 radical (unpaired) electrons. The second-order valence-electron chi connectivity index (χ2n) is 3.85. The van der Waals surface area contributed by atoms with Gasteiger partial charge in [0.2, 0.25) is 5.91 Å². The summed E-state index contributed by atoms with van der Waals surface area (Å²) in [5.41, 5.74) is 6.58. The normalized spacial score (nSPS) is 11.6. The zero-order valence-corrected chi connectivity index (χ0v) is 13.2. The third-order valence-corrected chi connectivity index (χ3v) is 3.25. The largest absolute Gasteiger partial charge is 0.351 e. The molecule has 1 unspecified atom stereocenters. The van der Waals surface area contributed by atoms with Crippen LogP contribution in [-0.4, -0.2) is 11.9 Å². The van der Waals surface area contributed by atoms with Crippen LogP contribution in [0.1, 0.15) is 25.3 Å². The van der Waals surface area contributed by atoms with E-state index in [0.717, 1.165) is 16.5 Å². The summed E-state index contributed by atoms with van der Waals surface area (Å²) in [6.45, 7) is 2.40. The number of benzene rings is 1. The third-order valence-electron chi connectivity index (χ3n) is 2.40. The monoisotopic (exact) mass is 354 g/mol. The number of hydrogen-bond donors (Lipinski definition) is 2. The average Bonchev–Trinajstić information content (AvgIpc) is 2.27. The molecule has 18 heavy (non-hydrogen) atoms. The van der Waals surface area contributed by atoms with Crippen LogP contribution in [0.5, 0.6) is 0 Å². The van der Waals surface area contributed by atoms with E-state index < -0.39 is 6.04 Å². The van der Waals surface area contributed by atoms with Crippen LogP contribution in [0.3, 0.4) is 0 Å². The average molecular weight is 356 g/mol. The van der Waals surface area contributed by atoms with Gasteiger partial charge in [-0.05, 0) is 24.1 Å². The van der Waals surface area contributed by atoms with Crippen molar-refractivity contribution in [1.29, 1.82) is 0 Å². The summed E-state index contributed by atoms with van der Waals surface area (Å²) in [6.07, 6.45) is 1.59. The Kier molecular flexibility index (Phi) is 8.61. The molecule has 6 heteroatoms. The zero-order chi connectivity index (χ0) is 12.8. The van der Waals surface area contributed by atoms with Crippen LogP contribution in [0.2, 0.25) is 5.02 Å². The lowest BCUT2D eigenvalue weighted by atomic mass is 10.1. The van der Waals surface area contributed by atoms with Crippen molar-refractivity contribution in [3.05, 3.63) is 33.3 Å². The molecule has 1 aromatic rings. The first-order chi connectivity index (χ1) is 8.04. The van der Waals surface area contributed by atoms with E-state index in [4.69, 9.17) is 17.3 Å². The van der Waals surface area contributed by atoms with Crippen molar-refractivity contribution in [2.24, 2.45) is 5.73 Å². The number of halogens is 3. The molecule has 102 valence electrons. The molecule has 0 spiro atoms. The van der Waals surface area contributed by atoms with Crippen molar-refractivity contribution in [3.63, 3.8) is 0 Å². The first kappa shape index (κ1) is 17.7. The number of carbonyl (C=O) groups excluding carboxylic acids is 1. The van der Waals surface area contributed by atoms with Gasteiger partial charge in [-0.25, -0.2) is 0 Å². The van der Waals surface area contributed by atoms with E-state index in [0.29, 0.717) is 18.0 Å². The zero-order valence-electron chi connectivity index (χ0n) is 10.1. The lowest BCUT2D eigenvalue weighted by Crippen LogP contribution is -2.40. The summed E-state index contributed by atoms with van der Waals surface area (Å²) in [4.78, 5) is 11.6. The fourth-order valence-corrected chi connectivity index (χ4v) is 2.16. The quantitative estimate of drug-likeness (QED) is 0.851. The van der Waals surface area contributed by atoms with Gasteiger partial charge in [-0.15, -0.1) is 12.4 Å². The molecule has 3 N–H and O–H groups in total. The molecule has 1 rings (SSSR count). The number of amides is 1. The lowest BCUT2D eigenvalue weighted by molar-refractivity contribution is -0.122. The van der Waals surface area contributed by atoms with Crippen LogP contribution in [-0.2, 0) is 11.3 Å². The molecule has 1 atom stereocenters. The van der Waals surface area contributed by atoms with Gasteiger partial charge in [0.25, 0.3) is 0 Å². The molecule has 0 fully saturated rings. The highest BCUT2D eigenvalue weighted by atomic mass is 79.9. The van der Waals surface area contributed by atoms with Crippen molar-refractivity contribution in [2.75, 3.05) is 0 Å². The molecule has 0 aliphatic heterocycles. The molecule has 0 bridgehead atoms. The SMILES string of the molecule is CCCC(N)C(=O)NCc1ccc(Br)cc1Cl.Cl. The number of hydrogen-bond acceptors (Lipinski definition) is 2. The summed E-state index contributed by atoms with van der Waals surface area (Å²) < 4.78 is 0.917. The molecule has 0 aliphatic carbocycles. The smallest absolute Gasteiger partial charge is 0.237 e. The maximum Gasteiger partial charge on any atom is 0.237 e. The Bertz CT molecular complexity index is 402. The second-order valence-corrected chi connectivity index (χ2v) is 5.17. The van der Waals surface area contributed by atoms with Gasteiger partial charge in [-0.3, -0.25) is 4.79 Å². The molecule has 1 amide bonds. The van der Waals surface area contributed by atoms with E-state index in [1.807, 2.05) is 19.1 Å². The van der Waals surface area contributed by atoms with Gasteiger partial charge < -0.3 is 11.1 Å². The van der Waals surface area contributed by atoms with Crippen LogP contribution < -0.4 is 11.1 Å². The lowest BCUT2D eigenvalue weighted by Gasteiger charge is -2.12. The second kappa shape index (κ2) is 8.75. The minimum absolute atomic E-state index is 0. The van der Waals surface area contributed by atoms with E-state index in [-0.39, 0.29) is 18.3 Å². The highest BCUT2D eigenvalue weighted by Crippen LogP contribution is 2.21. The Balaban J connectivity index is 0.00000289. The Morgan fingerprint density at radius 1 is 1.56 bits per heavy atom. The van der Waals surface area contributed by atoms with E-state index in [1.165, 1.54) is 0 Å². The summed E-state index contributed by atoms with van der Waals surface area (Å²) in [6, 6.07) is 5.13. The Morgan fingerprint density at radius 2 is 2.22 bits per heavy atom. The first-order valence-corrected chi connectivity index (χ1v) is 6.69. The molecular formula is C12H17BrCl2N2O. The van der Waals surface area contributed by atoms with E-state index >= 15 is 0 Å². The standard InChI is InChI=1S/C12H16BrClN2O.ClH/c1-2-3-11(15)12(17)16-7-8-4-5-9(13)6-10(8)14;/h4-6,11H,2-3,7,15H2,1H3,(H,16,17);1H. The van der Waals surface area contributed by atoms with E-state index in [2.05, 4.69) is 21.2 Å². The van der Waals surface area contributed by atoms with Crippen LogP contribution in [0, 0.1) is 0 Å². The Hall–Kier alpha value is -0.290. The molecular weight excluding hydrogens is 339 g/mol. The number of carbonyl (C=O) groups is 1. The fraction of sp³-hybridized carbons (Fsp3) is 0.417. The molecule has 1 aromatic carbocycles. The Labute approximate surface area is 127 Å². The van der Waals surface area contributed by atoms with Crippen LogP contribution >= 0.6 is 39.9 Å². The number of rotatable bonds is 5. The van der Waals surface area contributed by atoms with Crippen molar-refractivity contribution in [3.8, 4) is 0 Å². The van der Waals surface area contributed by atoms with Gasteiger partial charge in [-0.1, -0.05) is 46.9 Å². The summed E-state index contributed by atoms with van der Waals surface area (Å²) >= 11 is 9.37.